The Morgan fingerprint density at radius 2 is 1.91 bits per heavy atom. The van der Waals surface area contributed by atoms with E-state index >= 15 is 0 Å². The van der Waals surface area contributed by atoms with E-state index in [2.05, 4.69) is 15.3 Å². The van der Waals surface area contributed by atoms with Crippen LogP contribution in [0, 0.1) is 6.92 Å². The Hall–Kier alpha value is -1.44. The fraction of sp³-hybridized carbons (Fsp3) is 0.667. The smallest absolute Gasteiger partial charge is 0.302 e. The Bertz CT molecular complexity index is 508. The second-order valence-corrected chi connectivity index (χ2v) is 5.08. The Kier molecular flexibility index (Phi) is 8.83. The lowest BCUT2D eigenvalue weighted by Crippen LogP contribution is -2.22. The summed E-state index contributed by atoms with van der Waals surface area (Å²) < 4.78 is 16.0. The zero-order valence-electron chi connectivity index (χ0n) is 14.0. The van der Waals surface area contributed by atoms with E-state index in [9.17, 15) is 4.79 Å². The van der Waals surface area contributed by atoms with E-state index in [4.69, 9.17) is 25.8 Å². The van der Waals surface area contributed by atoms with Crippen molar-refractivity contribution in [3.05, 3.63) is 16.5 Å². The highest BCUT2D eigenvalue weighted by molar-refractivity contribution is 6.28. The molecule has 0 bridgehead atoms. The Balaban J connectivity index is 2.71. The lowest BCUT2D eigenvalue weighted by Gasteiger charge is -2.18. The van der Waals surface area contributed by atoms with Crippen molar-refractivity contribution in [3.8, 4) is 0 Å². The molecule has 0 radical (unpaired) electrons. The van der Waals surface area contributed by atoms with Crippen molar-refractivity contribution in [1.82, 2.24) is 9.97 Å². The number of anilines is 1. The highest BCUT2D eigenvalue weighted by Crippen LogP contribution is 2.20. The minimum absolute atomic E-state index is 0.0982. The second kappa shape index (κ2) is 10.4. The summed E-state index contributed by atoms with van der Waals surface area (Å²) in [5.74, 6) is 0.188. The van der Waals surface area contributed by atoms with Gasteiger partial charge in [0.2, 0.25) is 5.28 Å². The number of nitrogens with one attached hydrogen (secondary N) is 1. The molecule has 0 aliphatic heterocycles. The first-order valence-corrected chi connectivity index (χ1v) is 7.99. The van der Waals surface area contributed by atoms with Gasteiger partial charge in [-0.25, -0.2) is 9.97 Å². The largest absolute Gasteiger partial charge is 0.461 e. The number of aromatic nitrogens is 2. The van der Waals surface area contributed by atoms with Crippen LogP contribution >= 0.6 is 11.6 Å². The van der Waals surface area contributed by atoms with E-state index in [1.165, 1.54) is 6.92 Å². The maximum Gasteiger partial charge on any atom is 0.302 e. The van der Waals surface area contributed by atoms with Gasteiger partial charge in [0.1, 0.15) is 12.4 Å². The molecule has 0 aliphatic carbocycles. The fourth-order valence-corrected chi connectivity index (χ4v) is 2.16. The highest BCUT2D eigenvalue weighted by Gasteiger charge is 2.14. The van der Waals surface area contributed by atoms with Gasteiger partial charge in [0, 0.05) is 33.1 Å². The first kappa shape index (κ1) is 19.6. The molecule has 1 aromatic heterocycles. The molecule has 0 aromatic carbocycles. The lowest BCUT2D eigenvalue weighted by molar-refractivity contribution is -0.142. The molecule has 1 rings (SSSR count). The summed E-state index contributed by atoms with van der Waals surface area (Å²) in [6.07, 6.45) is 0.378. The van der Waals surface area contributed by atoms with Crippen LogP contribution in [0.15, 0.2) is 0 Å². The summed E-state index contributed by atoms with van der Waals surface area (Å²) in [4.78, 5) is 19.3. The molecule has 23 heavy (non-hydrogen) atoms. The average molecular weight is 346 g/mol. The van der Waals surface area contributed by atoms with Crippen LogP contribution in [0.2, 0.25) is 5.28 Å². The number of carbonyl (C=O) groups is 1. The van der Waals surface area contributed by atoms with Gasteiger partial charge in [-0.05, 0) is 32.4 Å². The highest BCUT2D eigenvalue weighted by atomic mass is 35.5. The van der Waals surface area contributed by atoms with Crippen molar-refractivity contribution in [1.29, 1.82) is 0 Å². The molecular weight excluding hydrogens is 322 g/mol. The number of hydrogen-bond donors (Lipinski definition) is 1. The summed E-state index contributed by atoms with van der Waals surface area (Å²) in [5, 5.41) is 3.32. The van der Waals surface area contributed by atoms with Gasteiger partial charge in [-0.15, -0.1) is 0 Å². The summed E-state index contributed by atoms with van der Waals surface area (Å²) >= 11 is 5.91. The summed E-state index contributed by atoms with van der Waals surface area (Å²) in [5.41, 5.74) is 1.37. The first-order valence-electron chi connectivity index (χ1n) is 7.61. The van der Waals surface area contributed by atoms with E-state index in [-0.39, 0.29) is 24.1 Å². The molecule has 0 atom stereocenters. The maximum atomic E-state index is 11.0. The van der Waals surface area contributed by atoms with Gasteiger partial charge in [0.05, 0.1) is 11.3 Å². The van der Waals surface area contributed by atoms with Crippen LogP contribution in [0.25, 0.3) is 0 Å². The van der Waals surface area contributed by atoms with Crippen molar-refractivity contribution < 1.29 is 19.0 Å². The van der Waals surface area contributed by atoms with Crippen LogP contribution in [-0.2, 0) is 25.6 Å². The molecule has 0 spiro atoms. The number of aryl methyl sites for hydroxylation is 1. The number of hydrogen-bond acceptors (Lipinski definition) is 7. The fourth-order valence-electron chi connectivity index (χ4n) is 1.95. The normalized spacial score (nSPS) is 10.9. The molecule has 0 saturated heterocycles. The van der Waals surface area contributed by atoms with Crippen LogP contribution < -0.4 is 5.32 Å². The van der Waals surface area contributed by atoms with Gasteiger partial charge in [0.15, 0.2) is 6.29 Å². The van der Waals surface area contributed by atoms with Gasteiger partial charge in [-0.3, -0.25) is 4.79 Å². The molecule has 0 saturated carbocycles. The predicted octanol–water partition coefficient (Wildman–Crippen LogP) is 2.70. The Morgan fingerprint density at radius 3 is 2.48 bits per heavy atom. The number of ether oxygens (including phenoxy) is 3. The summed E-state index contributed by atoms with van der Waals surface area (Å²) in [6.45, 7) is 8.83. The van der Waals surface area contributed by atoms with E-state index in [0.717, 1.165) is 0 Å². The molecule has 1 aromatic rings. The minimum atomic E-state index is -0.363. The summed E-state index contributed by atoms with van der Waals surface area (Å²) in [7, 11) is 0. The average Bonchev–Trinajstić information content (AvgIpc) is 2.46. The SMILES string of the molecule is CCOC(CCNc1nc(Cl)nc(C)c1COC(C)=O)OCC. The number of nitrogens with zero attached hydrogens (tertiary/aromatic N) is 2. The number of carbonyl (C=O) groups excluding carboxylic acids is 1. The van der Waals surface area contributed by atoms with Crippen molar-refractivity contribution in [2.75, 3.05) is 25.1 Å². The quantitative estimate of drug-likeness (QED) is 0.396. The molecule has 1 heterocycles. The van der Waals surface area contributed by atoms with Gasteiger partial charge >= 0.3 is 5.97 Å². The third-order valence-electron chi connectivity index (χ3n) is 2.98. The van der Waals surface area contributed by atoms with Crippen LogP contribution in [0.3, 0.4) is 0 Å². The second-order valence-electron chi connectivity index (χ2n) is 4.74. The lowest BCUT2D eigenvalue weighted by atomic mass is 10.2. The third kappa shape index (κ3) is 7.11. The van der Waals surface area contributed by atoms with Crippen LogP contribution in [0.1, 0.15) is 38.4 Å². The van der Waals surface area contributed by atoms with Crippen LogP contribution in [0.4, 0.5) is 5.82 Å². The zero-order chi connectivity index (χ0) is 17.2. The Labute approximate surface area is 141 Å². The molecular formula is C15H24ClN3O4. The van der Waals surface area contributed by atoms with E-state index < -0.39 is 0 Å². The first-order chi connectivity index (χ1) is 11.0. The topological polar surface area (TPSA) is 82.6 Å². The van der Waals surface area contributed by atoms with Crippen molar-refractivity contribution in [3.63, 3.8) is 0 Å². The van der Waals surface area contributed by atoms with Gasteiger partial charge < -0.3 is 19.5 Å². The molecule has 1 N–H and O–H groups in total. The minimum Gasteiger partial charge on any atom is -0.461 e. The van der Waals surface area contributed by atoms with Gasteiger partial charge in [-0.1, -0.05) is 0 Å². The molecule has 8 heteroatoms. The van der Waals surface area contributed by atoms with E-state index in [0.29, 0.717) is 43.3 Å². The third-order valence-corrected chi connectivity index (χ3v) is 3.15. The van der Waals surface area contributed by atoms with Gasteiger partial charge in [-0.2, -0.15) is 0 Å². The summed E-state index contributed by atoms with van der Waals surface area (Å²) in [6, 6.07) is 0. The monoisotopic (exact) mass is 345 g/mol. The number of esters is 1. The predicted molar refractivity (Wildman–Crippen MR) is 87.4 cm³/mol. The van der Waals surface area contributed by atoms with Crippen molar-refractivity contribution in [2.45, 2.75) is 47.0 Å². The molecule has 130 valence electrons. The standard InChI is InChI=1S/C15H24ClN3O4/c1-5-21-13(22-6-2)7-8-17-14-12(9-23-11(4)20)10(3)18-15(16)19-14/h13H,5-9H2,1-4H3,(H,17,18,19). The zero-order valence-corrected chi connectivity index (χ0v) is 14.8. The van der Waals surface area contributed by atoms with Crippen molar-refractivity contribution >= 4 is 23.4 Å². The molecule has 7 nitrogen and oxygen atoms in total. The number of rotatable bonds is 10. The van der Waals surface area contributed by atoms with Crippen molar-refractivity contribution in [2.24, 2.45) is 0 Å². The van der Waals surface area contributed by atoms with E-state index in [1.807, 2.05) is 13.8 Å². The molecule has 0 fully saturated rings. The van der Waals surface area contributed by atoms with Crippen LogP contribution in [-0.4, -0.2) is 42.0 Å². The Morgan fingerprint density at radius 1 is 1.26 bits per heavy atom. The van der Waals surface area contributed by atoms with Crippen LogP contribution in [0.5, 0.6) is 0 Å². The van der Waals surface area contributed by atoms with E-state index in [1.54, 1.807) is 6.92 Å². The molecule has 0 amide bonds. The maximum absolute atomic E-state index is 11.0. The molecule has 0 unspecified atom stereocenters. The number of halogens is 1. The van der Waals surface area contributed by atoms with Gasteiger partial charge in [0.25, 0.3) is 0 Å². The molecule has 0 aliphatic rings.